The van der Waals surface area contributed by atoms with E-state index in [2.05, 4.69) is 25.9 Å². The Balaban J connectivity index is 1.99. The number of benzene rings is 1. The number of aliphatic imine (C=N–C) groups is 2. The number of nitrogens with zero attached hydrogens (tertiary/aromatic N) is 3. The van der Waals surface area contributed by atoms with Gasteiger partial charge in [0.1, 0.15) is 0 Å². The second-order valence-corrected chi connectivity index (χ2v) is 6.23. The van der Waals surface area contributed by atoms with Gasteiger partial charge in [-0.3, -0.25) is 0 Å². The summed E-state index contributed by atoms with van der Waals surface area (Å²) in [5, 5.41) is 8.91. The second-order valence-electron chi connectivity index (χ2n) is 5.31. The van der Waals surface area contributed by atoms with E-state index in [1.54, 1.807) is 26.5 Å². The Morgan fingerprint density at radius 3 is 2.76 bits per heavy atom. The van der Waals surface area contributed by atoms with Crippen molar-refractivity contribution in [3.8, 4) is 11.5 Å². The molecule has 1 aromatic rings. The van der Waals surface area contributed by atoms with E-state index in [1.807, 2.05) is 23.2 Å². The largest absolute Gasteiger partial charge is 0.507 e. The Hall–Kier alpha value is -2.55. The normalized spacial score (nSPS) is 21.8. The Bertz CT molecular complexity index is 777. The van der Waals surface area contributed by atoms with Crippen LogP contribution in [0.15, 0.2) is 38.9 Å². The number of ether oxygens (including phenoxy) is 3. The summed E-state index contributed by atoms with van der Waals surface area (Å²) < 4.78 is 16.3. The zero-order valence-corrected chi connectivity index (χ0v) is 15.1. The van der Waals surface area contributed by atoms with Gasteiger partial charge in [0.05, 0.1) is 24.7 Å². The molecular formula is C16H16BrN3O5. The highest BCUT2D eigenvalue weighted by atomic mass is 79.9. The molecule has 0 radical (unpaired) electrons. The summed E-state index contributed by atoms with van der Waals surface area (Å²) in [6.07, 6.45) is 1.60. The third-order valence-electron chi connectivity index (χ3n) is 3.85. The van der Waals surface area contributed by atoms with Crippen molar-refractivity contribution in [2.45, 2.75) is 18.7 Å². The maximum Gasteiger partial charge on any atom is 0.507 e. The molecule has 0 saturated carbocycles. The van der Waals surface area contributed by atoms with E-state index in [9.17, 15) is 4.79 Å². The molecule has 9 heteroatoms. The van der Waals surface area contributed by atoms with Crippen LogP contribution in [0.5, 0.6) is 11.5 Å². The van der Waals surface area contributed by atoms with Crippen molar-refractivity contribution >= 4 is 34.3 Å². The van der Waals surface area contributed by atoms with Crippen LogP contribution >= 0.6 is 15.9 Å². The minimum atomic E-state index is -1.37. The van der Waals surface area contributed by atoms with Gasteiger partial charge in [-0.2, -0.15) is 0 Å². The Labute approximate surface area is 152 Å². The molecule has 0 fully saturated rings. The Kier molecular flexibility index (Phi) is 4.93. The van der Waals surface area contributed by atoms with Crippen LogP contribution in [0, 0.1) is 0 Å². The number of rotatable bonds is 4. The average Bonchev–Trinajstić information content (AvgIpc) is 2.60. The maximum atomic E-state index is 10.9. The van der Waals surface area contributed by atoms with Gasteiger partial charge in [-0.15, -0.1) is 0 Å². The van der Waals surface area contributed by atoms with Gasteiger partial charge in [0.2, 0.25) is 12.2 Å². The highest BCUT2D eigenvalue weighted by molar-refractivity contribution is 9.12. The van der Waals surface area contributed by atoms with Crippen molar-refractivity contribution in [3.63, 3.8) is 0 Å². The van der Waals surface area contributed by atoms with Gasteiger partial charge >= 0.3 is 6.16 Å². The number of allylic oxidation sites excluding steroid dienone is 1. The van der Waals surface area contributed by atoms with E-state index in [0.29, 0.717) is 23.9 Å². The summed E-state index contributed by atoms with van der Waals surface area (Å²) in [7, 11) is 3.13. The molecule has 0 bridgehead atoms. The number of hydrogen-bond acceptors (Lipinski definition) is 7. The SMILES string of the molecule is COc1ccc(C2CC(OC(=O)O)N=C3N=CC(Br)=CN32)cc1OC. The zero-order chi connectivity index (χ0) is 18.0. The average molecular weight is 410 g/mol. The molecule has 0 amide bonds. The summed E-state index contributed by atoms with van der Waals surface area (Å²) in [5.41, 5.74) is 0.901. The number of guanidine groups is 1. The third kappa shape index (κ3) is 3.60. The van der Waals surface area contributed by atoms with Crippen molar-refractivity contribution in [2.24, 2.45) is 9.98 Å². The minimum absolute atomic E-state index is 0.221. The van der Waals surface area contributed by atoms with Crippen molar-refractivity contribution < 1.29 is 24.1 Å². The number of methoxy groups -OCH3 is 2. The highest BCUT2D eigenvalue weighted by Crippen LogP contribution is 2.38. The molecule has 1 N–H and O–H groups in total. The van der Waals surface area contributed by atoms with Gasteiger partial charge in [-0.1, -0.05) is 6.07 Å². The van der Waals surface area contributed by atoms with E-state index in [4.69, 9.17) is 19.3 Å². The van der Waals surface area contributed by atoms with E-state index in [0.717, 1.165) is 10.0 Å². The smallest absolute Gasteiger partial charge is 0.493 e. The van der Waals surface area contributed by atoms with Crippen molar-refractivity contribution in [1.82, 2.24) is 4.90 Å². The molecule has 2 unspecified atom stereocenters. The van der Waals surface area contributed by atoms with Crippen LogP contribution in [0.1, 0.15) is 18.0 Å². The molecule has 1 aromatic carbocycles. The number of hydrogen-bond donors (Lipinski definition) is 1. The van der Waals surface area contributed by atoms with Crippen LogP contribution in [-0.4, -0.2) is 48.8 Å². The van der Waals surface area contributed by atoms with Gasteiger partial charge in [-0.05, 0) is 33.6 Å². The van der Waals surface area contributed by atoms with Crippen molar-refractivity contribution in [2.75, 3.05) is 14.2 Å². The first-order chi connectivity index (χ1) is 12.0. The summed E-state index contributed by atoms with van der Waals surface area (Å²) >= 11 is 3.40. The Morgan fingerprint density at radius 1 is 1.32 bits per heavy atom. The molecule has 132 valence electrons. The highest BCUT2D eigenvalue weighted by Gasteiger charge is 2.34. The van der Waals surface area contributed by atoms with E-state index in [1.165, 1.54) is 0 Å². The molecule has 2 atom stereocenters. The molecule has 0 saturated heterocycles. The fourth-order valence-electron chi connectivity index (χ4n) is 2.77. The van der Waals surface area contributed by atoms with E-state index in [-0.39, 0.29) is 6.04 Å². The molecule has 2 heterocycles. The first-order valence-corrected chi connectivity index (χ1v) is 8.20. The molecule has 25 heavy (non-hydrogen) atoms. The predicted molar refractivity (Wildman–Crippen MR) is 94.6 cm³/mol. The number of halogens is 1. The molecule has 0 spiro atoms. The fraction of sp³-hybridized carbons (Fsp3) is 0.312. The molecule has 0 aromatic heterocycles. The van der Waals surface area contributed by atoms with Gasteiger partial charge in [0.25, 0.3) is 0 Å². The number of carbonyl (C=O) groups is 1. The lowest BCUT2D eigenvalue weighted by Gasteiger charge is -2.37. The lowest BCUT2D eigenvalue weighted by Crippen LogP contribution is -2.39. The van der Waals surface area contributed by atoms with E-state index >= 15 is 0 Å². The molecule has 0 aliphatic carbocycles. The number of carboxylic acid groups (broad SMARTS) is 1. The van der Waals surface area contributed by atoms with E-state index < -0.39 is 12.4 Å². The quantitative estimate of drug-likeness (QED) is 0.767. The lowest BCUT2D eigenvalue weighted by atomic mass is 9.99. The molecule has 8 nitrogen and oxygen atoms in total. The summed E-state index contributed by atoms with van der Waals surface area (Å²) in [6, 6.07) is 5.33. The predicted octanol–water partition coefficient (Wildman–Crippen LogP) is 3.15. The van der Waals surface area contributed by atoms with Crippen molar-refractivity contribution in [1.29, 1.82) is 0 Å². The van der Waals surface area contributed by atoms with Gasteiger partial charge < -0.3 is 24.2 Å². The molecule has 2 aliphatic rings. The van der Waals surface area contributed by atoms with Gasteiger partial charge in [0.15, 0.2) is 11.5 Å². The standard InChI is InChI=1S/C16H16BrN3O5/c1-23-12-4-3-9(5-13(12)24-2)11-6-14(25-16(21)22)19-15-18-7-10(17)8-20(11)15/h3-5,7-8,11,14H,6H2,1-2H3,(H,21,22). The van der Waals surface area contributed by atoms with Crippen LogP contribution in [0.2, 0.25) is 0 Å². The second kappa shape index (κ2) is 7.14. The van der Waals surface area contributed by atoms with Gasteiger partial charge in [0, 0.05) is 18.8 Å². The maximum absolute atomic E-state index is 10.9. The van der Waals surface area contributed by atoms with Gasteiger partial charge in [-0.25, -0.2) is 14.8 Å². The van der Waals surface area contributed by atoms with Crippen LogP contribution in [0.4, 0.5) is 4.79 Å². The van der Waals surface area contributed by atoms with Crippen LogP contribution in [0.3, 0.4) is 0 Å². The zero-order valence-electron chi connectivity index (χ0n) is 13.5. The lowest BCUT2D eigenvalue weighted by molar-refractivity contribution is 0.0385. The van der Waals surface area contributed by atoms with Crippen LogP contribution in [-0.2, 0) is 4.74 Å². The fourth-order valence-corrected chi connectivity index (χ4v) is 3.10. The first kappa shape index (κ1) is 17.3. The Morgan fingerprint density at radius 2 is 2.08 bits per heavy atom. The number of fused-ring (bicyclic) bond motifs is 1. The topological polar surface area (TPSA) is 93.0 Å². The molecule has 2 aliphatic heterocycles. The summed E-state index contributed by atoms with van der Waals surface area (Å²) in [5.74, 6) is 1.59. The van der Waals surface area contributed by atoms with Crippen LogP contribution < -0.4 is 9.47 Å². The third-order valence-corrected chi connectivity index (χ3v) is 4.26. The van der Waals surface area contributed by atoms with Crippen LogP contribution in [0.25, 0.3) is 0 Å². The molecule has 3 rings (SSSR count). The monoisotopic (exact) mass is 409 g/mol. The minimum Gasteiger partial charge on any atom is -0.493 e. The van der Waals surface area contributed by atoms with Crippen molar-refractivity contribution in [3.05, 3.63) is 34.4 Å². The molecular weight excluding hydrogens is 394 g/mol. The summed E-state index contributed by atoms with van der Waals surface area (Å²) in [4.78, 5) is 21.3. The first-order valence-electron chi connectivity index (χ1n) is 7.41. The summed E-state index contributed by atoms with van der Waals surface area (Å²) in [6.45, 7) is 0.